The molecule has 1 N–H and O–H groups in total. The Morgan fingerprint density at radius 3 is 2.65 bits per heavy atom. The molecule has 4 heteroatoms. The van der Waals surface area contributed by atoms with Crippen LogP contribution in [0.1, 0.15) is 26.7 Å². The van der Waals surface area contributed by atoms with Gasteiger partial charge in [0.25, 0.3) is 0 Å². The summed E-state index contributed by atoms with van der Waals surface area (Å²) in [5.74, 6) is 0.776. The number of likely N-dealkylation sites (tertiary alicyclic amines) is 1. The Labute approximate surface area is 104 Å². The quantitative estimate of drug-likeness (QED) is 0.867. The molecule has 0 saturated carbocycles. The van der Waals surface area contributed by atoms with Crippen molar-refractivity contribution < 1.29 is 0 Å². The molecule has 1 aromatic rings. The fourth-order valence-corrected chi connectivity index (χ4v) is 2.51. The third-order valence-electron chi connectivity index (χ3n) is 3.29. The molecule has 0 aliphatic carbocycles. The molecule has 1 fully saturated rings. The number of hydrogen-bond donors (Lipinski definition) is 1. The van der Waals surface area contributed by atoms with Crippen molar-refractivity contribution in [3.05, 3.63) is 12.4 Å². The Hall–Kier alpha value is -1.03. The molecule has 0 amide bonds. The molecule has 0 unspecified atom stereocenters. The molecule has 0 aromatic carbocycles. The molecule has 2 heterocycles. The van der Waals surface area contributed by atoms with Crippen LogP contribution in [0, 0.1) is 5.92 Å². The predicted octanol–water partition coefficient (Wildman–Crippen LogP) is 1.95. The Kier molecular flexibility index (Phi) is 4.05. The zero-order valence-electron chi connectivity index (χ0n) is 11.2. The highest BCUT2D eigenvalue weighted by atomic mass is 15.3. The Balaban J connectivity index is 1.75. The average Bonchev–Trinajstić information content (AvgIpc) is 2.66. The van der Waals surface area contributed by atoms with E-state index in [0.29, 0.717) is 6.04 Å². The van der Waals surface area contributed by atoms with Crippen molar-refractivity contribution in [1.82, 2.24) is 14.7 Å². The second-order valence-electron chi connectivity index (χ2n) is 5.52. The number of aromatic nitrogens is 2. The van der Waals surface area contributed by atoms with Crippen molar-refractivity contribution in [3.8, 4) is 0 Å². The van der Waals surface area contributed by atoms with Crippen molar-refractivity contribution in [1.29, 1.82) is 0 Å². The first kappa shape index (κ1) is 12.4. The minimum atomic E-state index is 0.614. The molecule has 0 radical (unpaired) electrons. The lowest BCUT2D eigenvalue weighted by atomic mass is 10.0. The van der Waals surface area contributed by atoms with E-state index in [2.05, 4.69) is 29.2 Å². The molecule has 17 heavy (non-hydrogen) atoms. The molecule has 1 aliphatic rings. The highest BCUT2D eigenvalue weighted by Gasteiger charge is 2.19. The summed E-state index contributed by atoms with van der Waals surface area (Å²) in [4.78, 5) is 2.58. The van der Waals surface area contributed by atoms with Gasteiger partial charge in [-0.3, -0.25) is 4.68 Å². The fourth-order valence-electron chi connectivity index (χ4n) is 2.51. The first-order valence-corrected chi connectivity index (χ1v) is 6.61. The van der Waals surface area contributed by atoms with Crippen LogP contribution in [0.15, 0.2) is 12.4 Å². The number of rotatable bonds is 4. The lowest BCUT2D eigenvalue weighted by Crippen LogP contribution is -2.40. The molecule has 1 aromatic heterocycles. The van der Waals surface area contributed by atoms with E-state index in [1.165, 1.54) is 32.5 Å². The first-order chi connectivity index (χ1) is 8.13. The zero-order valence-corrected chi connectivity index (χ0v) is 11.2. The van der Waals surface area contributed by atoms with E-state index in [9.17, 15) is 0 Å². The van der Waals surface area contributed by atoms with Gasteiger partial charge in [0.1, 0.15) is 0 Å². The smallest absolute Gasteiger partial charge is 0.0728 e. The van der Waals surface area contributed by atoms with Crippen LogP contribution in [0.4, 0.5) is 5.69 Å². The van der Waals surface area contributed by atoms with E-state index in [4.69, 9.17) is 0 Å². The van der Waals surface area contributed by atoms with Crippen LogP contribution in [0.2, 0.25) is 0 Å². The van der Waals surface area contributed by atoms with E-state index in [0.717, 1.165) is 11.6 Å². The number of hydrogen-bond acceptors (Lipinski definition) is 3. The van der Waals surface area contributed by atoms with Crippen LogP contribution in [0.25, 0.3) is 0 Å². The summed E-state index contributed by atoms with van der Waals surface area (Å²) in [6, 6.07) is 0.614. The predicted molar refractivity (Wildman–Crippen MR) is 71.1 cm³/mol. The normalized spacial score (nSPS) is 18.8. The maximum atomic E-state index is 4.18. The van der Waals surface area contributed by atoms with Gasteiger partial charge in [-0.1, -0.05) is 13.8 Å². The van der Waals surface area contributed by atoms with Crippen LogP contribution >= 0.6 is 0 Å². The topological polar surface area (TPSA) is 33.1 Å². The van der Waals surface area contributed by atoms with Crippen LogP contribution in [0.5, 0.6) is 0 Å². The highest BCUT2D eigenvalue weighted by molar-refractivity contribution is 5.39. The molecular weight excluding hydrogens is 212 g/mol. The van der Waals surface area contributed by atoms with Crippen molar-refractivity contribution in [2.45, 2.75) is 32.7 Å². The Morgan fingerprint density at radius 2 is 2.12 bits per heavy atom. The van der Waals surface area contributed by atoms with Gasteiger partial charge in [0, 0.05) is 38.9 Å². The molecule has 96 valence electrons. The highest BCUT2D eigenvalue weighted by Crippen LogP contribution is 2.16. The Bertz CT molecular complexity index is 337. The number of aryl methyl sites for hydroxylation is 1. The van der Waals surface area contributed by atoms with E-state index in [1.54, 1.807) is 0 Å². The van der Waals surface area contributed by atoms with Crippen molar-refractivity contribution >= 4 is 5.69 Å². The zero-order chi connectivity index (χ0) is 12.3. The van der Waals surface area contributed by atoms with E-state index >= 15 is 0 Å². The maximum absolute atomic E-state index is 4.18. The average molecular weight is 236 g/mol. The molecule has 4 nitrogen and oxygen atoms in total. The van der Waals surface area contributed by atoms with E-state index in [1.807, 2.05) is 24.1 Å². The van der Waals surface area contributed by atoms with Crippen molar-refractivity contribution in [3.63, 3.8) is 0 Å². The number of anilines is 1. The monoisotopic (exact) mass is 236 g/mol. The molecule has 2 rings (SSSR count). The molecule has 1 aliphatic heterocycles. The first-order valence-electron chi connectivity index (χ1n) is 6.61. The lowest BCUT2D eigenvalue weighted by Gasteiger charge is -2.33. The number of piperidine rings is 1. The van der Waals surface area contributed by atoms with Gasteiger partial charge in [0.15, 0.2) is 0 Å². The van der Waals surface area contributed by atoms with Gasteiger partial charge in [-0.15, -0.1) is 0 Å². The van der Waals surface area contributed by atoms with Gasteiger partial charge in [0.05, 0.1) is 11.9 Å². The summed E-state index contributed by atoms with van der Waals surface area (Å²) in [6.07, 6.45) is 6.42. The maximum Gasteiger partial charge on any atom is 0.0728 e. The standard InChI is InChI=1S/C13H24N4/c1-11(2)9-17-6-4-12(5-7-17)15-13-8-14-16(3)10-13/h8,10-12,15H,4-7,9H2,1-3H3. The largest absolute Gasteiger partial charge is 0.380 e. The second-order valence-corrected chi connectivity index (χ2v) is 5.52. The number of nitrogens with one attached hydrogen (secondary N) is 1. The van der Waals surface area contributed by atoms with E-state index < -0.39 is 0 Å². The minimum Gasteiger partial charge on any atom is -0.380 e. The summed E-state index contributed by atoms with van der Waals surface area (Å²) < 4.78 is 1.84. The van der Waals surface area contributed by atoms with E-state index in [-0.39, 0.29) is 0 Å². The third-order valence-corrected chi connectivity index (χ3v) is 3.29. The van der Waals surface area contributed by atoms with Crippen molar-refractivity contribution in [2.24, 2.45) is 13.0 Å². The number of nitrogens with zero attached hydrogens (tertiary/aromatic N) is 3. The van der Waals surface area contributed by atoms with Gasteiger partial charge in [0.2, 0.25) is 0 Å². The molecule has 0 spiro atoms. The fraction of sp³-hybridized carbons (Fsp3) is 0.769. The minimum absolute atomic E-state index is 0.614. The summed E-state index contributed by atoms with van der Waals surface area (Å²) in [6.45, 7) is 8.26. The summed E-state index contributed by atoms with van der Waals surface area (Å²) in [7, 11) is 1.95. The molecule has 0 atom stereocenters. The van der Waals surface area contributed by atoms with Gasteiger partial charge >= 0.3 is 0 Å². The van der Waals surface area contributed by atoms with Crippen LogP contribution in [-0.2, 0) is 7.05 Å². The lowest BCUT2D eigenvalue weighted by molar-refractivity contribution is 0.198. The molecule has 1 saturated heterocycles. The van der Waals surface area contributed by atoms with Crippen LogP contribution in [-0.4, -0.2) is 40.4 Å². The van der Waals surface area contributed by atoms with Crippen LogP contribution in [0.3, 0.4) is 0 Å². The second kappa shape index (κ2) is 5.54. The summed E-state index contributed by atoms with van der Waals surface area (Å²) in [5, 5.41) is 7.75. The van der Waals surface area contributed by atoms with Gasteiger partial charge in [-0.25, -0.2) is 0 Å². The summed E-state index contributed by atoms with van der Waals surface area (Å²) >= 11 is 0. The van der Waals surface area contributed by atoms with Gasteiger partial charge in [-0.05, 0) is 18.8 Å². The third kappa shape index (κ3) is 3.73. The van der Waals surface area contributed by atoms with Gasteiger partial charge in [-0.2, -0.15) is 5.10 Å². The van der Waals surface area contributed by atoms with Crippen molar-refractivity contribution in [2.75, 3.05) is 25.0 Å². The summed E-state index contributed by atoms with van der Waals surface area (Å²) in [5.41, 5.74) is 1.15. The Morgan fingerprint density at radius 1 is 1.41 bits per heavy atom. The SMILES string of the molecule is CC(C)CN1CCC(Nc2cnn(C)c2)CC1. The van der Waals surface area contributed by atoms with Crippen LogP contribution < -0.4 is 5.32 Å². The molecule has 0 bridgehead atoms. The molecular formula is C13H24N4. The van der Waals surface area contributed by atoms with Gasteiger partial charge < -0.3 is 10.2 Å².